The van der Waals surface area contributed by atoms with Gasteiger partial charge in [0, 0.05) is 47.2 Å². The fraction of sp³-hybridized carbons (Fsp3) is 0.455. The number of nitrogens with zero attached hydrogens (tertiary/aromatic N) is 4. The molecule has 1 aromatic carbocycles. The molecule has 1 fully saturated rings. The van der Waals surface area contributed by atoms with Crippen molar-refractivity contribution < 1.29 is 0 Å². The SMILES string of the molecule is CCN(CC)c1ccc(-c2csc(C3CCN(Cc4nccs4)CC3)n2)cc1. The minimum atomic E-state index is 0.598. The summed E-state index contributed by atoms with van der Waals surface area (Å²) in [5, 5.41) is 6.82. The van der Waals surface area contributed by atoms with Gasteiger partial charge in [-0.3, -0.25) is 4.90 Å². The van der Waals surface area contributed by atoms with E-state index in [2.05, 4.69) is 63.7 Å². The molecule has 4 nitrogen and oxygen atoms in total. The number of thiazole rings is 2. The molecule has 0 aliphatic carbocycles. The molecule has 0 radical (unpaired) electrons. The smallest absolute Gasteiger partial charge is 0.107 e. The lowest BCUT2D eigenvalue weighted by molar-refractivity contribution is 0.204. The fourth-order valence-electron chi connectivity index (χ4n) is 3.90. The molecule has 0 saturated carbocycles. The number of anilines is 1. The van der Waals surface area contributed by atoms with Crippen molar-refractivity contribution in [2.24, 2.45) is 0 Å². The van der Waals surface area contributed by atoms with Gasteiger partial charge in [0.1, 0.15) is 5.01 Å². The third kappa shape index (κ3) is 4.45. The van der Waals surface area contributed by atoms with Crippen LogP contribution < -0.4 is 4.90 Å². The molecule has 0 amide bonds. The number of piperidine rings is 1. The first-order valence-corrected chi connectivity index (χ1v) is 11.9. The average molecular weight is 413 g/mol. The van der Waals surface area contributed by atoms with Crippen molar-refractivity contribution in [2.45, 2.75) is 39.2 Å². The Balaban J connectivity index is 1.37. The summed E-state index contributed by atoms with van der Waals surface area (Å²) in [6.45, 7) is 9.75. The third-order valence-corrected chi connectivity index (χ3v) is 7.36. The Morgan fingerprint density at radius 2 is 1.82 bits per heavy atom. The maximum Gasteiger partial charge on any atom is 0.107 e. The van der Waals surface area contributed by atoms with Crippen molar-refractivity contribution in [1.29, 1.82) is 0 Å². The van der Waals surface area contributed by atoms with E-state index in [1.807, 2.05) is 17.5 Å². The second-order valence-electron chi connectivity index (χ2n) is 7.27. The van der Waals surface area contributed by atoms with Gasteiger partial charge >= 0.3 is 0 Å². The van der Waals surface area contributed by atoms with Gasteiger partial charge in [0.2, 0.25) is 0 Å². The highest BCUT2D eigenvalue weighted by Gasteiger charge is 2.23. The van der Waals surface area contributed by atoms with Crippen molar-refractivity contribution in [1.82, 2.24) is 14.9 Å². The topological polar surface area (TPSA) is 32.3 Å². The van der Waals surface area contributed by atoms with Crippen LogP contribution >= 0.6 is 22.7 Å². The highest BCUT2D eigenvalue weighted by molar-refractivity contribution is 7.10. The molecular weight excluding hydrogens is 384 g/mol. The number of benzene rings is 1. The number of aromatic nitrogens is 2. The van der Waals surface area contributed by atoms with Crippen LogP contribution in [0.3, 0.4) is 0 Å². The summed E-state index contributed by atoms with van der Waals surface area (Å²) in [4.78, 5) is 14.3. The number of hydrogen-bond donors (Lipinski definition) is 0. The first-order chi connectivity index (χ1) is 13.8. The van der Waals surface area contributed by atoms with Crippen LogP contribution in [0, 0.1) is 0 Å². The van der Waals surface area contributed by atoms with Gasteiger partial charge in [0.05, 0.1) is 17.2 Å². The zero-order valence-corrected chi connectivity index (χ0v) is 18.3. The van der Waals surface area contributed by atoms with Gasteiger partial charge in [0.25, 0.3) is 0 Å². The fourth-order valence-corrected chi connectivity index (χ4v) is 5.56. The van der Waals surface area contributed by atoms with Crippen LogP contribution in [-0.4, -0.2) is 41.0 Å². The molecule has 4 rings (SSSR count). The number of likely N-dealkylation sites (tertiary alicyclic amines) is 1. The van der Waals surface area contributed by atoms with Crippen LogP contribution in [0.2, 0.25) is 0 Å². The normalized spacial score (nSPS) is 15.8. The van der Waals surface area contributed by atoms with Crippen LogP contribution in [-0.2, 0) is 6.54 Å². The zero-order chi connectivity index (χ0) is 19.3. The summed E-state index contributed by atoms with van der Waals surface area (Å²) in [5.41, 5.74) is 3.63. The van der Waals surface area contributed by atoms with Gasteiger partial charge in [-0.2, -0.15) is 0 Å². The molecule has 2 aromatic heterocycles. The number of rotatable bonds is 7. The van der Waals surface area contributed by atoms with Crippen LogP contribution in [0.5, 0.6) is 0 Å². The molecule has 3 heterocycles. The lowest BCUT2D eigenvalue weighted by Gasteiger charge is -2.30. The molecule has 0 unspecified atom stereocenters. The molecule has 1 aliphatic rings. The van der Waals surface area contributed by atoms with Crippen LogP contribution in [0.1, 0.15) is 42.6 Å². The summed E-state index contributed by atoms with van der Waals surface area (Å²) >= 11 is 3.58. The van der Waals surface area contributed by atoms with E-state index < -0.39 is 0 Å². The lowest BCUT2D eigenvalue weighted by atomic mass is 9.97. The van der Waals surface area contributed by atoms with Crippen LogP contribution in [0.25, 0.3) is 11.3 Å². The van der Waals surface area contributed by atoms with E-state index in [0.717, 1.165) is 38.4 Å². The molecule has 0 spiro atoms. The minimum absolute atomic E-state index is 0.598. The van der Waals surface area contributed by atoms with E-state index in [1.54, 1.807) is 11.3 Å². The summed E-state index contributed by atoms with van der Waals surface area (Å²) in [6.07, 6.45) is 4.29. The van der Waals surface area contributed by atoms with E-state index in [9.17, 15) is 0 Å². The minimum Gasteiger partial charge on any atom is -0.372 e. The first-order valence-electron chi connectivity index (χ1n) is 10.2. The van der Waals surface area contributed by atoms with Crippen LogP contribution in [0.15, 0.2) is 41.2 Å². The molecule has 0 bridgehead atoms. The average Bonchev–Trinajstić information content (AvgIpc) is 3.42. The molecular formula is C22H28N4S2. The van der Waals surface area contributed by atoms with E-state index >= 15 is 0 Å². The lowest BCUT2D eigenvalue weighted by Crippen LogP contribution is -2.32. The van der Waals surface area contributed by atoms with E-state index in [4.69, 9.17) is 4.98 Å². The predicted molar refractivity (Wildman–Crippen MR) is 120 cm³/mol. The van der Waals surface area contributed by atoms with Gasteiger partial charge in [0.15, 0.2) is 0 Å². The van der Waals surface area contributed by atoms with Gasteiger partial charge in [-0.1, -0.05) is 12.1 Å². The second-order valence-corrected chi connectivity index (χ2v) is 9.14. The highest BCUT2D eigenvalue weighted by atomic mass is 32.1. The van der Waals surface area contributed by atoms with E-state index in [1.165, 1.54) is 34.1 Å². The Kier molecular flexibility index (Phi) is 6.40. The summed E-state index contributed by atoms with van der Waals surface area (Å²) in [7, 11) is 0. The third-order valence-electron chi connectivity index (χ3n) is 5.59. The number of hydrogen-bond acceptors (Lipinski definition) is 6. The van der Waals surface area contributed by atoms with Gasteiger partial charge in [-0.05, 0) is 51.9 Å². The highest BCUT2D eigenvalue weighted by Crippen LogP contribution is 2.33. The van der Waals surface area contributed by atoms with E-state index in [-0.39, 0.29) is 0 Å². The molecule has 1 saturated heterocycles. The van der Waals surface area contributed by atoms with Gasteiger partial charge < -0.3 is 4.90 Å². The quantitative estimate of drug-likeness (QED) is 0.513. The second kappa shape index (κ2) is 9.16. The van der Waals surface area contributed by atoms with Crippen molar-refractivity contribution in [3.8, 4) is 11.3 Å². The molecule has 6 heteroatoms. The van der Waals surface area contributed by atoms with Crippen molar-refractivity contribution >= 4 is 28.4 Å². The van der Waals surface area contributed by atoms with Crippen molar-refractivity contribution in [3.63, 3.8) is 0 Å². The monoisotopic (exact) mass is 412 g/mol. The molecule has 3 aromatic rings. The summed E-state index contributed by atoms with van der Waals surface area (Å²) in [6, 6.07) is 8.86. The van der Waals surface area contributed by atoms with Gasteiger partial charge in [-0.25, -0.2) is 9.97 Å². The maximum atomic E-state index is 5.00. The molecule has 148 valence electrons. The summed E-state index contributed by atoms with van der Waals surface area (Å²) in [5.74, 6) is 0.598. The van der Waals surface area contributed by atoms with Gasteiger partial charge in [-0.15, -0.1) is 22.7 Å². The largest absolute Gasteiger partial charge is 0.372 e. The Morgan fingerprint density at radius 1 is 1.07 bits per heavy atom. The standard InChI is InChI=1S/C22H28N4S2/c1-3-26(4-2)19-7-5-17(6-8-19)20-16-28-22(24-20)18-9-12-25(13-10-18)15-21-23-11-14-27-21/h5-8,11,14,16,18H,3-4,9-10,12-13,15H2,1-2H3. The maximum absolute atomic E-state index is 5.00. The Morgan fingerprint density at radius 3 is 2.46 bits per heavy atom. The van der Waals surface area contributed by atoms with Crippen LogP contribution in [0.4, 0.5) is 5.69 Å². The molecule has 0 N–H and O–H groups in total. The van der Waals surface area contributed by atoms with E-state index in [0.29, 0.717) is 5.92 Å². The van der Waals surface area contributed by atoms with Crippen molar-refractivity contribution in [3.05, 3.63) is 51.2 Å². The zero-order valence-electron chi connectivity index (χ0n) is 16.7. The predicted octanol–water partition coefficient (Wildman–Crippen LogP) is 5.49. The first kappa shape index (κ1) is 19.6. The Bertz CT molecular complexity index is 845. The molecule has 0 atom stereocenters. The Labute approximate surface area is 175 Å². The summed E-state index contributed by atoms with van der Waals surface area (Å²) < 4.78 is 0. The molecule has 1 aliphatic heterocycles. The van der Waals surface area contributed by atoms with Crippen molar-refractivity contribution in [2.75, 3.05) is 31.1 Å². The Hall–Kier alpha value is -1.76. The molecule has 28 heavy (non-hydrogen) atoms.